The fourth-order valence-electron chi connectivity index (χ4n) is 1.76. The van der Waals surface area contributed by atoms with E-state index in [0.29, 0.717) is 6.26 Å². The summed E-state index contributed by atoms with van der Waals surface area (Å²) in [6, 6.07) is 0. The van der Waals surface area contributed by atoms with Crippen LogP contribution >= 0.6 is 0 Å². The molecule has 0 radical (unpaired) electrons. The van der Waals surface area contributed by atoms with Gasteiger partial charge in [0.15, 0.2) is 0 Å². The number of hydrogen-bond acceptors (Lipinski definition) is 6. The molecule has 0 rings (SSSR count). The molecular weight excluding hydrogens is 490 g/mol. The van der Waals surface area contributed by atoms with Gasteiger partial charge in [0.2, 0.25) is 5.08 Å². The first-order chi connectivity index (χ1) is 11.4. The highest BCUT2D eigenvalue weighted by atomic mass is 32.3. The predicted molar refractivity (Wildman–Crippen MR) is 122 cm³/mol. The fraction of sp³-hybridized carbons (Fsp3) is 1.00. The Morgan fingerprint density at radius 3 is 0.714 bits per heavy atom. The number of halogens is 3. The van der Waals surface area contributed by atoms with Gasteiger partial charge in [-0.05, 0) is 0 Å². The van der Waals surface area contributed by atoms with E-state index in [9.17, 15) is 28.5 Å². The highest BCUT2D eigenvalue weighted by Crippen LogP contribution is 2.18. The summed E-state index contributed by atoms with van der Waals surface area (Å²) in [4.78, 5) is 0. The predicted octanol–water partition coefficient (Wildman–Crippen LogP) is 4.61. The molecule has 15 heteroatoms. The molecule has 0 spiro atoms. The molecule has 0 aliphatic carbocycles. The average molecular weight is 527 g/mol. The van der Waals surface area contributed by atoms with Crippen LogP contribution in [-0.4, -0.2) is 60.8 Å². The third-order valence-electron chi connectivity index (χ3n) is 1.34. The maximum atomic E-state index is 11.2. The molecule has 0 unspecified atom stereocenters. The minimum Gasteiger partial charge on any atom is -0.195 e. The Bertz CT molecular complexity index is 677. The Balaban J connectivity index is -0.000000143. The molecule has 0 N–H and O–H groups in total. The number of rotatable bonds is 4. The smallest absolute Gasteiger partial charge is 0.195 e. The van der Waals surface area contributed by atoms with Crippen molar-refractivity contribution in [2.24, 2.45) is 0 Å². The first-order valence-corrected chi connectivity index (χ1v) is 24.5. The van der Waals surface area contributed by atoms with Gasteiger partial charge in [-0.2, -0.15) is 25.3 Å². The Labute approximate surface area is 174 Å². The fourth-order valence-corrected chi connectivity index (χ4v) is 15.8. The second-order valence-corrected chi connectivity index (χ2v) is 32.3. The van der Waals surface area contributed by atoms with Crippen LogP contribution in [0.3, 0.4) is 0 Å². The van der Waals surface area contributed by atoms with Crippen molar-refractivity contribution < 1.29 is 36.9 Å². The van der Waals surface area contributed by atoms with Gasteiger partial charge in [0.25, 0.3) is 10.2 Å². The second-order valence-electron chi connectivity index (χ2n) is 10.2. The lowest BCUT2D eigenvalue weighted by Gasteiger charge is -2.25. The number of hydrogen-bond donors (Lipinski definition) is 0. The Morgan fingerprint density at radius 1 is 0.571 bits per heavy atom. The lowest BCUT2D eigenvalue weighted by atomic mass is 11.7. The standard InChI is InChI=1S/C7H20Si2.C4H12Si.CH2F2O4S2.CH3FO2S/c1-8(2,3)7-9(4,5)6;1-5(2,3)4;2-8(4,5)1-9(3,6)7;1-5(2,3)4/h7H2,1-6H3;1-4H3;1H2;1H3. The summed E-state index contributed by atoms with van der Waals surface area (Å²) in [6.07, 6.45) is 0.493. The molecule has 0 atom stereocenters. The third-order valence-corrected chi connectivity index (χ3v) is 12.1. The van der Waals surface area contributed by atoms with Crippen LogP contribution in [0.5, 0.6) is 0 Å². The quantitative estimate of drug-likeness (QED) is 0.391. The van der Waals surface area contributed by atoms with Crippen LogP contribution in [0.4, 0.5) is 11.7 Å². The van der Waals surface area contributed by atoms with Crippen LogP contribution in [0.15, 0.2) is 0 Å². The lowest BCUT2D eigenvalue weighted by Crippen LogP contribution is -2.34. The topological polar surface area (TPSA) is 102 Å². The van der Waals surface area contributed by atoms with Crippen LogP contribution in [0.25, 0.3) is 0 Å². The molecule has 0 saturated carbocycles. The molecule has 0 aliphatic heterocycles. The molecule has 0 amide bonds. The summed E-state index contributed by atoms with van der Waals surface area (Å²) in [7, 11) is -16.7. The van der Waals surface area contributed by atoms with Crippen molar-refractivity contribution in [2.45, 2.75) is 71.1 Å². The Hall–Kier alpha value is 0.291. The Kier molecular flexibility index (Phi) is 16.4. The Morgan fingerprint density at radius 2 is 0.714 bits per heavy atom. The van der Waals surface area contributed by atoms with E-state index in [4.69, 9.17) is 8.42 Å². The first-order valence-electron chi connectivity index (χ1n) is 8.16. The van der Waals surface area contributed by atoms with E-state index in [2.05, 4.69) is 65.5 Å². The van der Waals surface area contributed by atoms with E-state index in [0.717, 1.165) is 0 Å². The van der Waals surface area contributed by atoms with E-state index >= 15 is 0 Å². The van der Waals surface area contributed by atoms with E-state index in [1.54, 1.807) is 5.67 Å². The molecule has 176 valence electrons. The van der Waals surface area contributed by atoms with Gasteiger partial charge in [-0.3, -0.25) is 0 Å². The average Bonchev–Trinajstić information content (AvgIpc) is 1.95. The van der Waals surface area contributed by atoms with Crippen molar-refractivity contribution in [3.8, 4) is 0 Å². The molecule has 0 fully saturated rings. The largest absolute Gasteiger partial charge is 0.319 e. The molecule has 0 heterocycles. The minimum atomic E-state index is -5.24. The summed E-state index contributed by atoms with van der Waals surface area (Å²) in [5.74, 6) is 0. The van der Waals surface area contributed by atoms with Crippen molar-refractivity contribution in [1.82, 2.24) is 0 Å². The van der Waals surface area contributed by atoms with Gasteiger partial charge in [-0.25, -0.2) is 0 Å². The van der Waals surface area contributed by atoms with Crippen molar-refractivity contribution in [1.29, 1.82) is 0 Å². The zero-order chi connectivity index (χ0) is 24.4. The van der Waals surface area contributed by atoms with Gasteiger partial charge in [0.1, 0.15) is 0 Å². The van der Waals surface area contributed by atoms with Crippen molar-refractivity contribution in [3.05, 3.63) is 0 Å². The molecular formula is C13H37F3O6S3Si3. The zero-order valence-electron chi connectivity index (χ0n) is 18.7. The van der Waals surface area contributed by atoms with Gasteiger partial charge in [-0.1, -0.05) is 71.1 Å². The maximum absolute atomic E-state index is 11.2. The van der Waals surface area contributed by atoms with Crippen LogP contribution in [-0.2, 0) is 30.7 Å². The van der Waals surface area contributed by atoms with E-state index < -0.39 is 60.0 Å². The van der Waals surface area contributed by atoms with Gasteiger partial charge in [0.05, 0.1) is 6.26 Å². The molecule has 6 nitrogen and oxygen atoms in total. The normalized spacial score (nSPS) is 13.1. The summed E-state index contributed by atoms with van der Waals surface area (Å²) < 4.78 is 88.5. The molecule has 0 saturated heterocycles. The maximum Gasteiger partial charge on any atom is 0.319 e. The molecule has 0 aromatic heterocycles. The zero-order valence-corrected chi connectivity index (χ0v) is 24.2. The monoisotopic (exact) mass is 526 g/mol. The van der Waals surface area contributed by atoms with Gasteiger partial charge in [-0.15, -0.1) is 11.7 Å². The molecule has 0 aromatic rings. The van der Waals surface area contributed by atoms with Crippen LogP contribution in [0.2, 0.25) is 71.1 Å². The summed E-state index contributed by atoms with van der Waals surface area (Å²) >= 11 is 0. The first kappa shape index (κ1) is 35.7. The molecule has 0 aromatic carbocycles. The SMILES string of the molecule is CS(=O)(=O)F.C[Si](C)(C)C.C[Si](C)(C)C[Si](C)(C)C.O=S(=O)(F)CS(=O)(=O)F. The van der Waals surface area contributed by atoms with Crippen LogP contribution < -0.4 is 0 Å². The molecule has 28 heavy (non-hydrogen) atoms. The van der Waals surface area contributed by atoms with Gasteiger partial charge < -0.3 is 0 Å². The highest BCUT2D eigenvalue weighted by molar-refractivity contribution is 8.03. The minimum absolute atomic E-state index is 0.493. The lowest BCUT2D eigenvalue weighted by molar-refractivity contribution is 0.541. The van der Waals surface area contributed by atoms with Crippen molar-refractivity contribution >= 4 is 54.9 Å². The van der Waals surface area contributed by atoms with Crippen molar-refractivity contribution in [3.63, 3.8) is 0 Å². The van der Waals surface area contributed by atoms with Gasteiger partial charge >= 0.3 is 20.4 Å². The van der Waals surface area contributed by atoms with E-state index in [1.807, 2.05) is 0 Å². The summed E-state index contributed by atoms with van der Waals surface area (Å²) in [5.41, 5.74) is 1.57. The highest BCUT2D eigenvalue weighted by Gasteiger charge is 2.23. The van der Waals surface area contributed by atoms with Crippen LogP contribution in [0, 0.1) is 0 Å². The van der Waals surface area contributed by atoms with Gasteiger partial charge in [0, 0.05) is 24.2 Å². The second kappa shape index (κ2) is 12.9. The summed E-state index contributed by atoms with van der Waals surface area (Å²) in [5, 5.41) is -2.10. The van der Waals surface area contributed by atoms with E-state index in [1.165, 1.54) is 0 Å². The van der Waals surface area contributed by atoms with E-state index in [-0.39, 0.29) is 0 Å². The molecule has 0 bridgehead atoms. The third kappa shape index (κ3) is 111. The van der Waals surface area contributed by atoms with Crippen LogP contribution in [0.1, 0.15) is 0 Å². The van der Waals surface area contributed by atoms with Crippen molar-refractivity contribution in [2.75, 3.05) is 11.3 Å². The summed E-state index contributed by atoms with van der Waals surface area (Å²) in [6.45, 7) is 24.1. The molecule has 0 aliphatic rings.